The molecule has 1 aliphatic rings. The van der Waals surface area contributed by atoms with Gasteiger partial charge in [-0.2, -0.15) is 13.2 Å². The van der Waals surface area contributed by atoms with Crippen LogP contribution in [0.1, 0.15) is 38.8 Å². The van der Waals surface area contributed by atoms with Crippen LogP contribution in [0.4, 0.5) is 22.0 Å². The number of hydrogen-bond donors (Lipinski definition) is 1. The van der Waals surface area contributed by atoms with Crippen molar-refractivity contribution in [1.29, 1.82) is 0 Å². The fourth-order valence-corrected chi connectivity index (χ4v) is 3.47. The monoisotopic (exact) mass is 389 g/mol. The predicted molar refractivity (Wildman–Crippen MR) is 82.8 cm³/mol. The van der Waals surface area contributed by atoms with E-state index < -0.39 is 56.8 Å². The molecule has 1 aliphatic carbocycles. The van der Waals surface area contributed by atoms with E-state index in [4.69, 9.17) is 11.6 Å². The molecule has 1 aromatic carbocycles. The van der Waals surface area contributed by atoms with Gasteiger partial charge in [0, 0.05) is 16.9 Å². The molecule has 2 rings (SSSR count). The lowest BCUT2D eigenvalue weighted by atomic mass is 10.0. The van der Waals surface area contributed by atoms with E-state index in [-0.39, 0.29) is 12.0 Å². The van der Waals surface area contributed by atoms with Crippen LogP contribution in [0.15, 0.2) is 12.1 Å². The van der Waals surface area contributed by atoms with Crippen molar-refractivity contribution >= 4 is 23.0 Å². The second-order valence-electron chi connectivity index (χ2n) is 6.79. The van der Waals surface area contributed by atoms with E-state index in [2.05, 4.69) is 4.72 Å². The Labute approximate surface area is 145 Å². The summed E-state index contributed by atoms with van der Waals surface area (Å²) in [5.41, 5.74) is -0.212. The number of benzene rings is 1. The quantitative estimate of drug-likeness (QED) is 0.451. The molecule has 1 fully saturated rings. The third-order valence-corrected chi connectivity index (χ3v) is 5.81. The standard InChI is InChI=1S/C15H17ClF5NOS/c1-14(2,3)24(23)22-13(8-6-9(8)15(19,20)21)7-4-5-10(17)11(16)12(7)18/h4-5,8-9,13,22H,6H2,1-3H3/t8-,9-,13?,24?/m1/s1. The molecule has 0 saturated heterocycles. The van der Waals surface area contributed by atoms with Gasteiger partial charge in [-0.05, 0) is 39.2 Å². The molecule has 0 heterocycles. The molecule has 2 unspecified atom stereocenters. The summed E-state index contributed by atoms with van der Waals surface area (Å²) in [5.74, 6) is -4.73. The van der Waals surface area contributed by atoms with Crippen molar-refractivity contribution in [3.8, 4) is 0 Å². The van der Waals surface area contributed by atoms with Crippen molar-refractivity contribution in [3.05, 3.63) is 34.4 Å². The molecular weight excluding hydrogens is 373 g/mol. The summed E-state index contributed by atoms with van der Waals surface area (Å²) in [6, 6.07) is 0.759. The summed E-state index contributed by atoms with van der Waals surface area (Å²) >= 11 is 3.80. The normalized spacial score (nSPS) is 23.9. The van der Waals surface area contributed by atoms with Crippen molar-refractivity contribution in [3.63, 3.8) is 0 Å². The van der Waals surface area contributed by atoms with Crippen LogP contribution in [0.3, 0.4) is 0 Å². The zero-order valence-corrected chi connectivity index (χ0v) is 14.8. The Bertz CT molecular complexity index is 619. The molecule has 0 aromatic heterocycles. The SMILES string of the molecule is CC(C)(C)[S+]([O-])NC(c1ccc(F)c(Cl)c1F)[C@@H]1C[C@H]1C(F)(F)F. The third-order valence-electron chi connectivity index (χ3n) is 3.88. The summed E-state index contributed by atoms with van der Waals surface area (Å²) < 4.78 is 80.4. The number of alkyl halides is 3. The number of halogens is 6. The van der Waals surface area contributed by atoms with Gasteiger partial charge in [0.1, 0.15) is 21.4 Å². The van der Waals surface area contributed by atoms with Crippen molar-refractivity contribution < 1.29 is 26.5 Å². The van der Waals surface area contributed by atoms with Crippen molar-refractivity contribution in [2.45, 2.75) is 44.2 Å². The molecule has 2 nitrogen and oxygen atoms in total. The van der Waals surface area contributed by atoms with E-state index in [1.54, 1.807) is 20.8 Å². The zero-order chi connectivity index (χ0) is 18.4. The highest BCUT2D eigenvalue weighted by Crippen LogP contribution is 2.56. The third kappa shape index (κ3) is 4.15. The van der Waals surface area contributed by atoms with Crippen LogP contribution in [0.2, 0.25) is 5.02 Å². The Morgan fingerprint density at radius 2 is 1.83 bits per heavy atom. The van der Waals surface area contributed by atoms with Gasteiger partial charge in [0.05, 0.1) is 12.0 Å². The molecule has 0 bridgehead atoms. The van der Waals surface area contributed by atoms with Crippen LogP contribution in [0.25, 0.3) is 0 Å². The van der Waals surface area contributed by atoms with Crippen LogP contribution >= 0.6 is 11.6 Å². The minimum absolute atomic E-state index is 0.211. The molecule has 0 radical (unpaired) electrons. The highest BCUT2D eigenvalue weighted by Gasteiger charge is 2.60. The Kier molecular flexibility index (Phi) is 5.45. The van der Waals surface area contributed by atoms with Gasteiger partial charge >= 0.3 is 6.18 Å². The van der Waals surface area contributed by atoms with Gasteiger partial charge in [0.15, 0.2) is 0 Å². The largest absolute Gasteiger partial charge is 0.598 e. The second kappa shape index (κ2) is 6.63. The first kappa shape index (κ1) is 19.8. The number of nitrogens with one attached hydrogen (secondary N) is 1. The maximum atomic E-state index is 14.3. The summed E-state index contributed by atoms with van der Waals surface area (Å²) in [5, 5.41) is -0.787. The lowest BCUT2D eigenvalue weighted by Gasteiger charge is -2.29. The molecule has 9 heteroatoms. The van der Waals surface area contributed by atoms with E-state index in [1.165, 1.54) is 0 Å². The van der Waals surface area contributed by atoms with E-state index >= 15 is 0 Å². The van der Waals surface area contributed by atoms with Crippen LogP contribution in [0.5, 0.6) is 0 Å². The van der Waals surface area contributed by atoms with Gasteiger partial charge in [-0.3, -0.25) is 0 Å². The molecular formula is C15H17ClF5NOS. The average Bonchev–Trinajstić information content (AvgIpc) is 3.22. The Hall–Kier alpha value is -0.570. The van der Waals surface area contributed by atoms with Crippen LogP contribution < -0.4 is 4.72 Å². The fourth-order valence-electron chi connectivity index (χ4n) is 2.41. The zero-order valence-electron chi connectivity index (χ0n) is 13.2. The predicted octanol–water partition coefficient (Wildman–Crippen LogP) is 4.91. The van der Waals surface area contributed by atoms with Crippen molar-refractivity contribution in [2.75, 3.05) is 0 Å². The molecule has 4 atom stereocenters. The minimum Gasteiger partial charge on any atom is -0.598 e. The molecule has 1 aromatic rings. The highest BCUT2D eigenvalue weighted by atomic mass is 35.5. The molecule has 1 N–H and O–H groups in total. The van der Waals surface area contributed by atoms with Crippen LogP contribution in [0, 0.1) is 23.5 Å². The molecule has 1 saturated carbocycles. The maximum absolute atomic E-state index is 14.3. The second-order valence-corrected chi connectivity index (χ2v) is 9.16. The fraction of sp³-hybridized carbons (Fsp3) is 0.600. The first-order chi connectivity index (χ1) is 10.8. The first-order valence-corrected chi connectivity index (χ1v) is 8.75. The summed E-state index contributed by atoms with van der Waals surface area (Å²) in [6.07, 6.45) is -4.63. The maximum Gasteiger partial charge on any atom is 0.392 e. The van der Waals surface area contributed by atoms with Gasteiger partial charge in [-0.15, -0.1) is 4.72 Å². The van der Waals surface area contributed by atoms with Gasteiger partial charge in [-0.25, -0.2) is 8.78 Å². The summed E-state index contributed by atoms with van der Waals surface area (Å²) in [4.78, 5) is 0. The van der Waals surface area contributed by atoms with Crippen molar-refractivity contribution in [1.82, 2.24) is 4.72 Å². The molecule has 24 heavy (non-hydrogen) atoms. The topological polar surface area (TPSA) is 35.1 Å². The lowest BCUT2D eigenvalue weighted by Crippen LogP contribution is -2.42. The van der Waals surface area contributed by atoms with E-state index in [0.29, 0.717) is 0 Å². The smallest absolute Gasteiger partial charge is 0.392 e. The van der Waals surface area contributed by atoms with E-state index in [9.17, 15) is 26.5 Å². The number of rotatable bonds is 4. The van der Waals surface area contributed by atoms with E-state index in [1.807, 2.05) is 0 Å². The molecule has 136 valence electrons. The van der Waals surface area contributed by atoms with Gasteiger partial charge in [-0.1, -0.05) is 17.7 Å². The molecule has 0 aliphatic heterocycles. The number of hydrogen-bond acceptors (Lipinski definition) is 2. The first-order valence-electron chi connectivity index (χ1n) is 7.22. The Balaban J connectivity index is 2.36. The molecule has 0 spiro atoms. The Morgan fingerprint density at radius 1 is 1.25 bits per heavy atom. The molecule has 0 amide bonds. The minimum atomic E-state index is -4.42. The highest BCUT2D eigenvalue weighted by molar-refractivity contribution is 7.90. The van der Waals surface area contributed by atoms with E-state index in [0.717, 1.165) is 12.1 Å². The summed E-state index contributed by atoms with van der Waals surface area (Å²) in [7, 11) is 0. The van der Waals surface area contributed by atoms with Crippen molar-refractivity contribution in [2.24, 2.45) is 11.8 Å². The average molecular weight is 390 g/mol. The summed E-state index contributed by atoms with van der Waals surface area (Å²) in [6.45, 7) is 4.90. The van der Waals surface area contributed by atoms with Gasteiger partial charge in [0.25, 0.3) is 0 Å². The Morgan fingerprint density at radius 3 is 2.29 bits per heavy atom. The van der Waals surface area contributed by atoms with Gasteiger partial charge in [0.2, 0.25) is 0 Å². The van der Waals surface area contributed by atoms with Gasteiger partial charge < -0.3 is 4.55 Å². The van der Waals surface area contributed by atoms with Crippen LogP contribution in [-0.4, -0.2) is 15.5 Å². The van der Waals surface area contributed by atoms with Crippen LogP contribution in [-0.2, 0) is 11.4 Å². The lowest BCUT2D eigenvalue weighted by molar-refractivity contribution is -0.151.